The van der Waals surface area contributed by atoms with E-state index in [0.29, 0.717) is 12.8 Å². The van der Waals surface area contributed by atoms with Crippen molar-refractivity contribution in [2.24, 2.45) is 17.8 Å². The molecular formula is C17H18N2O4S. The molecule has 0 radical (unpaired) electrons. The van der Waals surface area contributed by atoms with Gasteiger partial charge in [-0.05, 0) is 55.4 Å². The van der Waals surface area contributed by atoms with E-state index in [2.05, 4.69) is 9.71 Å². The zero-order valence-electron chi connectivity index (χ0n) is 12.9. The van der Waals surface area contributed by atoms with E-state index in [0.717, 1.165) is 17.3 Å². The predicted octanol–water partition coefficient (Wildman–Crippen LogP) is 2.01. The summed E-state index contributed by atoms with van der Waals surface area (Å²) in [5.41, 5.74) is 0.751. The van der Waals surface area contributed by atoms with E-state index in [1.165, 1.54) is 0 Å². The van der Waals surface area contributed by atoms with E-state index >= 15 is 0 Å². The SMILES string of the molecule is O=C(O)[C@@H]1C[C@H]2C[C@@H]1C[C@H]2NS(=O)(=O)c1ccc2ncccc2c1. The van der Waals surface area contributed by atoms with Gasteiger partial charge in [-0.2, -0.15) is 0 Å². The van der Waals surface area contributed by atoms with Crippen LogP contribution in [0, 0.1) is 17.8 Å². The zero-order valence-corrected chi connectivity index (χ0v) is 13.7. The number of rotatable bonds is 4. The maximum Gasteiger partial charge on any atom is 0.306 e. The molecule has 0 aliphatic heterocycles. The van der Waals surface area contributed by atoms with Gasteiger partial charge in [0, 0.05) is 17.6 Å². The molecule has 0 amide bonds. The second-order valence-corrected chi connectivity index (χ2v) is 8.47. The van der Waals surface area contributed by atoms with Crippen LogP contribution in [0.25, 0.3) is 10.9 Å². The van der Waals surface area contributed by atoms with Gasteiger partial charge in [0.05, 0.1) is 16.3 Å². The second-order valence-electron chi connectivity index (χ2n) is 6.76. The molecule has 2 aliphatic carbocycles. The molecule has 1 heterocycles. The van der Waals surface area contributed by atoms with Gasteiger partial charge in [0.1, 0.15) is 0 Å². The number of carboxylic acid groups (broad SMARTS) is 1. The van der Waals surface area contributed by atoms with E-state index < -0.39 is 16.0 Å². The molecule has 0 spiro atoms. The molecule has 1 aromatic heterocycles. The molecule has 6 nitrogen and oxygen atoms in total. The smallest absolute Gasteiger partial charge is 0.306 e. The number of carbonyl (C=O) groups is 1. The van der Waals surface area contributed by atoms with Gasteiger partial charge < -0.3 is 5.11 Å². The van der Waals surface area contributed by atoms with Crippen molar-refractivity contribution in [2.75, 3.05) is 0 Å². The summed E-state index contributed by atoms with van der Waals surface area (Å²) in [6, 6.07) is 8.32. The molecular weight excluding hydrogens is 328 g/mol. The van der Waals surface area contributed by atoms with Crippen molar-refractivity contribution in [1.29, 1.82) is 0 Å². The molecule has 1 aromatic carbocycles. The first-order chi connectivity index (χ1) is 11.4. The first-order valence-corrected chi connectivity index (χ1v) is 9.52. The summed E-state index contributed by atoms with van der Waals surface area (Å²) in [7, 11) is -3.62. The van der Waals surface area contributed by atoms with Crippen LogP contribution in [-0.4, -0.2) is 30.5 Å². The molecule has 2 bridgehead atoms. The van der Waals surface area contributed by atoms with Gasteiger partial charge in [-0.3, -0.25) is 9.78 Å². The number of benzene rings is 1. The van der Waals surface area contributed by atoms with Crippen molar-refractivity contribution in [3.63, 3.8) is 0 Å². The lowest BCUT2D eigenvalue weighted by Crippen LogP contribution is -2.40. The minimum atomic E-state index is -3.62. The van der Waals surface area contributed by atoms with E-state index in [1.807, 2.05) is 6.07 Å². The quantitative estimate of drug-likeness (QED) is 0.883. The maximum atomic E-state index is 12.7. The van der Waals surface area contributed by atoms with Crippen LogP contribution in [0.4, 0.5) is 0 Å². The molecule has 2 N–H and O–H groups in total. The highest BCUT2D eigenvalue weighted by Gasteiger charge is 2.49. The first-order valence-electron chi connectivity index (χ1n) is 8.04. The Balaban J connectivity index is 1.55. The number of carboxylic acids is 1. The van der Waals surface area contributed by atoms with Gasteiger partial charge in [0.2, 0.25) is 10.0 Å². The first kappa shape index (κ1) is 15.5. The molecule has 2 aliphatic rings. The van der Waals surface area contributed by atoms with Crippen molar-refractivity contribution >= 4 is 26.9 Å². The average molecular weight is 346 g/mol. The van der Waals surface area contributed by atoms with Crippen LogP contribution < -0.4 is 4.72 Å². The zero-order chi connectivity index (χ0) is 16.9. The number of aliphatic carboxylic acids is 1. The van der Waals surface area contributed by atoms with E-state index in [4.69, 9.17) is 0 Å². The molecule has 2 fully saturated rings. The number of aromatic nitrogens is 1. The Bertz CT molecular complexity index is 912. The molecule has 126 valence electrons. The van der Waals surface area contributed by atoms with E-state index in [-0.39, 0.29) is 28.7 Å². The number of nitrogens with one attached hydrogen (secondary N) is 1. The lowest BCUT2D eigenvalue weighted by molar-refractivity contribution is -0.143. The van der Waals surface area contributed by atoms with Gasteiger partial charge >= 0.3 is 5.97 Å². The number of sulfonamides is 1. The van der Waals surface area contributed by atoms with Gasteiger partial charge in [0.15, 0.2) is 0 Å². The summed E-state index contributed by atoms with van der Waals surface area (Å²) in [6.45, 7) is 0. The molecule has 7 heteroatoms. The van der Waals surface area contributed by atoms with Gasteiger partial charge in [0.25, 0.3) is 0 Å². The minimum Gasteiger partial charge on any atom is -0.481 e. The summed E-state index contributed by atoms with van der Waals surface area (Å²) in [5.74, 6) is -0.873. The highest BCUT2D eigenvalue weighted by atomic mass is 32.2. The number of pyridine rings is 1. The van der Waals surface area contributed by atoms with Gasteiger partial charge in [-0.15, -0.1) is 0 Å². The number of hydrogen-bond acceptors (Lipinski definition) is 4. The van der Waals surface area contributed by atoms with Crippen LogP contribution in [0.1, 0.15) is 19.3 Å². The van der Waals surface area contributed by atoms with E-state index in [9.17, 15) is 18.3 Å². The van der Waals surface area contributed by atoms with Crippen molar-refractivity contribution in [2.45, 2.75) is 30.2 Å². The van der Waals surface area contributed by atoms with Crippen molar-refractivity contribution in [3.05, 3.63) is 36.5 Å². The average Bonchev–Trinajstić information content (AvgIpc) is 3.14. The largest absolute Gasteiger partial charge is 0.481 e. The Labute approximate surface area is 140 Å². The van der Waals surface area contributed by atoms with Crippen LogP contribution in [0.15, 0.2) is 41.4 Å². The lowest BCUT2D eigenvalue weighted by Gasteiger charge is -2.26. The summed E-state index contributed by atoms with van der Waals surface area (Å²) in [6.07, 6.45) is 3.64. The van der Waals surface area contributed by atoms with Crippen LogP contribution in [0.3, 0.4) is 0 Å². The minimum absolute atomic E-state index is 0.0843. The summed E-state index contributed by atoms with van der Waals surface area (Å²) in [5, 5.41) is 9.97. The number of hydrogen-bond donors (Lipinski definition) is 2. The van der Waals surface area contributed by atoms with Crippen molar-refractivity contribution in [1.82, 2.24) is 9.71 Å². The van der Waals surface area contributed by atoms with Gasteiger partial charge in [-0.1, -0.05) is 6.07 Å². The third kappa shape index (κ3) is 2.57. The Hall–Kier alpha value is -1.99. The molecule has 4 atom stereocenters. The second kappa shape index (κ2) is 5.53. The van der Waals surface area contributed by atoms with Gasteiger partial charge in [-0.25, -0.2) is 13.1 Å². The van der Waals surface area contributed by atoms with Crippen molar-refractivity contribution in [3.8, 4) is 0 Å². The standard InChI is InChI=1S/C17H18N2O4S/c20-17(21)14-8-12-6-11(14)9-16(12)19-24(22,23)13-3-4-15-10(7-13)2-1-5-18-15/h1-5,7,11-12,14,16,19H,6,8-9H2,(H,20,21)/t11-,12-,14-,16-/m1/s1. The predicted molar refractivity (Wildman–Crippen MR) is 87.8 cm³/mol. The van der Waals surface area contributed by atoms with Crippen LogP contribution in [0.5, 0.6) is 0 Å². The molecule has 0 unspecified atom stereocenters. The highest BCUT2D eigenvalue weighted by molar-refractivity contribution is 7.89. The topological polar surface area (TPSA) is 96.4 Å². The summed E-state index contributed by atoms with van der Waals surface area (Å²) >= 11 is 0. The third-order valence-corrected chi connectivity index (χ3v) is 6.85. The third-order valence-electron chi connectivity index (χ3n) is 5.37. The fourth-order valence-corrected chi connectivity index (χ4v) is 5.56. The normalized spacial score (nSPS) is 29.2. The Kier molecular flexibility index (Phi) is 3.58. The van der Waals surface area contributed by atoms with Crippen LogP contribution in [-0.2, 0) is 14.8 Å². The highest BCUT2D eigenvalue weighted by Crippen LogP contribution is 2.48. The fraction of sp³-hybridized carbons (Fsp3) is 0.412. The molecule has 24 heavy (non-hydrogen) atoms. The van der Waals surface area contributed by atoms with Crippen molar-refractivity contribution < 1.29 is 18.3 Å². The lowest BCUT2D eigenvalue weighted by atomic mass is 9.86. The van der Waals surface area contributed by atoms with Crippen LogP contribution >= 0.6 is 0 Å². The monoisotopic (exact) mass is 346 g/mol. The maximum absolute atomic E-state index is 12.7. The Morgan fingerprint density at radius 2 is 2.00 bits per heavy atom. The number of fused-ring (bicyclic) bond motifs is 3. The molecule has 4 rings (SSSR count). The molecule has 2 aromatic rings. The van der Waals surface area contributed by atoms with E-state index in [1.54, 1.807) is 30.5 Å². The Morgan fingerprint density at radius 3 is 2.71 bits per heavy atom. The Morgan fingerprint density at radius 1 is 1.17 bits per heavy atom. The summed E-state index contributed by atoms with van der Waals surface area (Å²) in [4.78, 5) is 15.6. The van der Waals surface area contributed by atoms with Crippen LogP contribution in [0.2, 0.25) is 0 Å². The fourth-order valence-electron chi connectivity index (χ4n) is 4.21. The number of nitrogens with zero attached hydrogens (tertiary/aromatic N) is 1. The molecule has 0 saturated heterocycles. The molecule has 2 saturated carbocycles. The summed E-state index contributed by atoms with van der Waals surface area (Å²) < 4.78 is 28.1.